The molecule has 0 unspecified atom stereocenters. The first-order valence-corrected chi connectivity index (χ1v) is 9.35. The lowest BCUT2D eigenvalue weighted by Gasteiger charge is -2.30. The van der Waals surface area contributed by atoms with Crippen molar-refractivity contribution >= 4 is 41.1 Å². The van der Waals surface area contributed by atoms with Gasteiger partial charge in [0.15, 0.2) is 6.10 Å². The number of benzene rings is 2. The summed E-state index contributed by atoms with van der Waals surface area (Å²) >= 11 is 0. The summed E-state index contributed by atoms with van der Waals surface area (Å²) in [6.07, 6.45) is 1.81. The molecule has 0 aromatic heterocycles. The summed E-state index contributed by atoms with van der Waals surface area (Å²) < 4.78 is 5.13. The number of hydrogen-bond donors (Lipinski definition) is 2. The summed E-state index contributed by atoms with van der Waals surface area (Å²) in [6.45, 7) is 0.873. The molecular weight excluding hydrogens is 386 g/mol. The first kappa shape index (κ1) is 20.8. The molecule has 0 fully saturated rings. The number of carbonyl (C=O) groups excluding carboxylic acids is 4. The molecule has 1 aliphatic rings. The number of nitrogens with zero attached hydrogens (tertiary/aromatic N) is 1. The minimum Gasteiger partial charge on any atom is -0.451 e. The smallest absolute Gasteiger partial charge is 0.326 e. The van der Waals surface area contributed by atoms with Gasteiger partial charge in [-0.05, 0) is 30.7 Å². The number of amides is 3. The van der Waals surface area contributed by atoms with Gasteiger partial charge >= 0.3 is 5.97 Å². The zero-order chi connectivity index (χ0) is 21.5. The Balaban J connectivity index is 1.52. The van der Waals surface area contributed by atoms with Crippen molar-refractivity contribution in [3.63, 3.8) is 0 Å². The first-order chi connectivity index (χ1) is 14.4. The number of fused-ring (bicyclic) bond motifs is 1. The molecule has 1 atom stereocenters. The van der Waals surface area contributed by atoms with Gasteiger partial charge in [-0.2, -0.15) is 0 Å². The van der Waals surface area contributed by atoms with E-state index >= 15 is 0 Å². The topological polar surface area (TPSA) is 105 Å². The summed E-state index contributed by atoms with van der Waals surface area (Å²) in [5, 5.41) is 5.10. The Morgan fingerprint density at radius 2 is 1.83 bits per heavy atom. The summed E-state index contributed by atoms with van der Waals surface area (Å²) in [5.74, 6) is -2.08. The van der Waals surface area contributed by atoms with E-state index in [2.05, 4.69) is 10.6 Å². The van der Waals surface area contributed by atoms with Crippen molar-refractivity contribution in [1.29, 1.82) is 0 Å². The number of anilines is 2. The highest BCUT2D eigenvalue weighted by atomic mass is 16.5. The van der Waals surface area contributed by atoms with E-state index < -0.39 is 23.9 Å². The molecule has 1 heterocycles. The molecule has 8 nitrogen and oxygen atoms in total. The van der Waals surface area contributed by atoms with Gasteiger partial charge in [-0.3, -0.25) is 24.1 Å². The Morgan fingerprint density at radius 1 is 1.13 bits per heavy atom. The molecule has 1 aliphatic heterocycles. The number of rotatable bonds is 6. The lowest BCUT2D eigenvalue weighted by Crippen LogP contribution is -2.47. The lowest BCUT2D eigenvalue weighted by molar-refractivity contribution is -0.153. The molecule has 2 N–H and O–H groups in total. The van der Waals surface area contributed by atoms with E-state index in [1.54, 1.807) is 30.3 Å². The van der Waals surface area contributed by atoms with Crippen molar-refractivity contribution in [2.24, 2.45) is 0 Å². The second-order valence-electron chi connectivity index (χ2n) is 6.58. The Kier molecular flexibility index (Phi) is 6.59. The van der Waals surface area contributed by atoms with Crippen LogP contribution < -0.4 is 15.5 Å². The van der Waals surface area contributed by atoms with Crippen LogP contribution in [0.25, 0.3) is 6.08 Å². The third kappa shape index (κ3) is 5.32. The molecule has 0 radical (unpaired) electrons. The van der Waals surface area contributed by atoms with Crippen molar-refractivity contribution in [1.82, 2.24) is 5.32 Å². The van der Waals surface area contributed by atoms with Gasteiger partial charge in [-0.1, -0.05) is 42.5 Å². The maximum absolute atomic E-state index is 12.7. The van der Waals surface area contributed by atoms with Gasteiger partial charge in [-0.15, -0.1) is 0 Å². The Bertz CT molecular complexity index is 987. The van der Waals surface area contributed by atoms with Crippen LogP contribution in [0.1, 0.15) is 12.5 Å². The molecular formula is C22H21N3O5. The molecule has 154 valence electrons. The molecule has 3 rings (SSSR count). The van der Waals surface area contributed by atoms with Crippen LogP contribution in [0.15, 0.2) is 60.7 Å². The lowest BCUT2D eigenvalue weighted by atomic mass is 10.1. The molecule has 0 spiro atoms. The first-order valence-electron chi connectivity index (χ1n) is 9.35. The van der Waals surface area contributed by atoms with Crippen LogP contribution in [0, 0.1) is 0 Å². The van der Waals surface area contributed by atoms with E-state index in [1.807, 2.05) is 30.3 Å². The third-order valence-corrected chi connectivity index (χ3v) is 4.33. The van der Waals surface area contributed by atoms with E-state index in [-0.39, 0.29) is 19.0 Å². The van der Waals surface area contributed by atoms with Crippen LogP contribution in [-0.4, -0.2) is 42.9 Å². The average molecular weight is 407 g/mol. The fourth-order valence-corrected chi connectivity index (χ4v) is 2.89. The average Bonchev–Trinajstić information content (AvgIpc) is 2.75. The largest absolute Gasteiger partial charge is 0.451 e. The minimum absolute atomic E-state index is 0.168. The molecule has 8 heteroatoms. The van der Waals surface area contributed by atoms with Crippen molar-refractivity contribution in [2.45, 2.75) is 13.0 Å². The van der Waals surface area contributed by atoms with Gasteiger partial charge in [0, 0.05) is 6.08 Å². The van der Waals surface area contributed by atoms with E-state index in [0.29, 0.717) is 11.4 Å². The maximum atomic E-state index is 12.7. The summed E-state index contributed by atoms with van der Waals surface area (Å²) in [4.78, 5) is 49.7. The fraction of sp³-hybridized carbons (Fsp3) is 0.182. The van der Waals surface area contributed by atoms with Crippen LogP contribution >= 0.6 is 0 Å². The van der Waals surface area contributed by atoms with Gasteiger partial charge in [0.25, 0.3) is 5.91 Å². The van der Waals surface area contributed by atoms with E-state index in [1.165, 1.54) is 17.9 Å². The van der Waals surface area contributed by atoms with Gasteiger partial charge in [0.1, 0.15) is 13.1 Å². The van der Waals surface area contributed by atoms with Gasteiger partial charge < -0.3 is 15.4 Å². The molecule has 0 aliphatic carbocycles. The predicted octanol–water partition coefficient (Wildman–Crippen LogP) is 1.73. The Hall–Kier alpha value is -3.94. The monoisotopic (exact) mass is 407 g/mol. The predicted molar refractivity (Wildman–Crippen MR) is 111 cm³/mol. The van der Waals surface area contributed by atoms with Crippen LogP contribution in [0.3, 0.4) is 0 Å². The van der Waals surface area contributed by atoms with Gasteiger partial charge in [0.05, 0.1) is 11.4 Å². The molecule has 0 bridgehead atoms. The number of para-hydroxylation sites is 2. The number of hydrogen-bond acceptors (Lipinski definition) is 5. The molecule has 2 aromatic carbocycles. The van der Waals surface area contributed by atoms with Crippen molar-refractivity contribution in [2.75, 3.05) is 23.3 Å². The highest BCUT2D eigenvalue weighted by Crippen LogP contribution is 2.29. The highest BCUT2D eigenvalue weighted by molar-refractivity contribution is 6.11. The van der Waals surface area contributed by atoms with Crippen molar-refractivity contribution < 1.29 is 23.9 Å². The number of nitrogens with one attached hydrogen (secondary N) is 2. The van der Waals surface area contributed by atoms with Crippen LogP contribution in [0.4, 0.5) is 11.4 Å². The van der Waals surface area contributed by atoms with Gasteiger partial charge in [-0.25, -0.2) is 0 Å². The second kappa shape index (κ2) is 9.51. The fourth-order valence-electron chi connectivity index (χ4n) is 2.89. The van der Waals surface area contributed by atoms with Crippen LogP contribution in [-0.2, 0) is 23.9 Å². The Labute approximate surface area is 173 Å². The third-order valence-electron chi connectivity index (χ3n) is 4.33. The van der Waals surface area contributed by atoms with E-state index in [9.17, 15) is 19.2 Å². The summed E-state index contributed by atoms with van der Waals surface area (Å²) in [6, 6.07) is 16.1. The molecule has 0 saturated heterocycles. The number of esters is 1. The molecule has 2 aromatic rings. The minimum atomic E-state index is -1.12. The van der Waals surface area contributed by atoms with Gasteiger partial charge in [0.2, 0.25) is 11.8 Å². The van der Waals surface area contributed by atoms with Crippen molar-refractivity contribution in [3.05, 3.63) is 66.2 Å². The van der Waals surface area contributed by atoms with Crippen LogP contribution in [0.5, 0.6) is 0 Å². The molecule has 0 saturated carbocycles. The molecule has 3 amide bonds. The normalized spacial score (nSPS) is 13.9. The zero-order valence-corrected chi connectivity index (χ0v) is 16.3. The van der Waals surface area contributed by atoms with Crippen LogP contribution in [0.2, 0.25) is 0 Å². The summed E-state index contributed by atoms with van der Waals surface area (Å²) in [7, 11) is 0. The number of carbonyl (C=O) groups is 4. The Morgan fingerprint density at radius 3 is 2.60 bits per heavy atom. The van der Waals surface area contributed by atoms with Crippen molar-refractivity contribution in [3.8, 4) is 0 Å². The standard InChI is InChI=1S/C22H21N3O5/c1-15(22(29)25-14-20(27)24-17-9-5-6-10-18(17)25)30-21(28)13-23-19(26)12-11-16-7-3-2-4-8-16/h2-12,15H,13-14H2,1H3,(H,23,26)(H,24,27)/b12-11+/t15-/m0/s1. The SMILES string of the molecule is C[C@H](OC(=O)CNC(=O)/C=C/c1ccccc1)C(=O)N1CC(=O)Nc2ccccc21. The van der Waals surface area contributed by atoms with E-state index in [0.717, 1.165) is 5.56 Å². The zero-order valence-electron chi connectivity index (χ0n) is 16.3. The quantitative estimate of drug-likeness (QED) is 0.561. The summed E-state index contributed by atoms with van der Waals surface area (Å²) in [5.41, 5.74) is 1.89. The highest BCUT2D eigenvalue weighted by Gasteiger charge is 2.31. The number of ether oxygens (including phenoxy) is 1. The second-order valence-corrected chi connectivity index (χ2v) is 6.58. The van der Waals surface area contributed by atoms with E-state index in [4.69, 9.17) is 4.74 Å². The maximum Gasteiger partial charge on any atom is 0.326 e. The molecule has 30 heavy (non-hydrogen) atoms.